The van der Waals surface area contributed by atoms with Gasteiger partial charge in [-0.15, -0.1) is 0 Å². The van der Waals surface area contributed by atoms with Crippen LogP contribution < -0.4 is 15.0 Å². The lowest BCUT2D eigenvalue weighted by atomic mass is 10.1. The lowest BCUT2D eigenvalue weighted by molar-refractivity contribution is -0.136. The Morgan fingerprint density at radius 2 is 1.93 bits per heavy atom. The first-order valence-corrected chi connectivity index (χ1v) is 9.44. The zero-order valence-electron chi connectivity index (χ0n) is 16.3. The molecule has 0 unspecified atom stereocenters. The van der Waals surface area contributed by atoms with Crippen molar-refractivity contribution in [2.24, 2.45) is 0 Å². The number of methoxy groups -OCH3 is 1. The third-order valence-electron chi connectivity index (χ3n) is 4.81. The largest absolute Gasteiger partial charge is 0.497 e. The Balaban J connectivity index is 1.48. The molecule has 0 spiro atoms. The lowest BCUT2D eigenvalue weighted by Crippen LogP contribution is -2.54. The van der Waals surface area contributed by atoms with Crippen LogP contribution in [0.1, 0.15) is 12.5 Å². The second-order valence-electron chi connectivity index (χ2n) is 6.82. The van der Waals surface area contributed by atoms with Gasteiger partial charge in [0.15, 0.2) is 0 Å². The highest BCUT2D eigenvalue weighted by Gasteiger charge is 2.26. The van der Waals surface area contributed by atoms with E-state index in [1.807, 2.05) is 42.5 Å². The molecule has 7 heteroatoms. The fourth-order valence-corrected chi connectivity index (χ4v) is 3.29. The normalized spacial score (nSPS) is 15.1. The number of ether oxygens (including phenoxy) is 1. The maximum Gasteiger partial charge on any atom is 0.244 e. The number of amides is 2. The van der Waals surface area contributed by atoms with Gasteiger partial charge in [-0.3, -0.25) is 9.59 Å². The number of piperazine rings is 1. The number of hydrogen-bond acceptors (Lipinski definition) is 5. The molecule has 1 aromatic heterocycles. The Morgan fingerprint density at radius 3 is 2.61 bits per heavy atom. The van der Waals surface area contributed by atoms with Crippen molar-refractivity contribution in [3.63, 3.8) is 0 Å². The van der Waals surface area contributed by atoms with Gasteiger partial charge in [-0.05, 0) is 36.8 Å². The van der Waals surface area contributed by atoms with E-state index in [0.29, 0.717) is 18.8 Å². The van der Waals surface area contributed by atoms with E-state index in [1.54, 1.807) is 25.1 Å². The number of nitrogens with zero attached hydrogens (tertiary/aromatic N) is 3. The summed E-state index contributed by atoms with van der Waals surface area (Å²) in [4.78, 5) is 33.3. The predicted octanol–water partition coefficient (Wildman–Crippen LogP) is 1.49. The fourth-order valence-electron chi connectivity index (χ4n) is 3.29. The van der Waals surface area contributed by atoms with Crippen LogP contribution in [-0.2, 0) is 16.0 Å². The fraction of sp³-hybridized carbons (Fsp3) is 0.381. The number of anilines is 1. The highest BCUT2D eigenvalue weighted by molar-refractivity contribution is 5.88. The van der Waals surface area contributed by atoms with Gasteiger partial charge < -0.3 is 19.9 Å². The summed E-state index contributed by atoms with van der Waals surface area (Å²) >= 11 is 0. The van der Waals surface area contributed by atoms with Crippen molar-refractivity contribution < 1.29 is 14.3 Å². The van der Waals surface area contributed by atoms with Gasteiger partial charge in [0, 0.05) is 32.4 Å². The van der Waals surface area contributed by atoms with Crippen molar-refractivity contribution in [1.29, 1.82) is 0 Å². The molecule has 0 saturated carbocycles. The van der Waals surface area contributed by atoms with E-state index < -0.39 is 6.04 Å². The molecule has 1 N–H and O–H groups in total. The number of nitrogens with one attached hydrogen (secondary N) is 1. The molecule has 1 atom stereocenters. The minimum atomic E-state index is -0.556. The van der Waals surface area contributed by atoms with Crippen LogP contribution in [0.4, 0.5) is 5.82 Å². The molecule has 3 rings (SSSR count). The van der Waals surface area contributed by atoms with E-state index in [4.69, 9.17) is 4.74 Å². The molecular weight excluding hydrogens is 356 g/mol. The number of pyridine rings is 1. The predicted molar refractivity (Wildman–Crippen MR) is 107 cm³/mol. The quantitative estimate of drug-likeness (QED) is 0.819. The van der Waals surface area contributed by atoms with Crippen LogP contribution in [0.15, 0.2) is 48.7 Å². The highest BCUT2D eigenvalue weighted by atomic mass is 16.5. The van der Waals surface area contributed by atoms with Gasteiger partial charge in [-0.25, -0.2) is 4.98 Å². The Bertz CT molecular complexity index is 804. The molecule has 28 heavy (non-hydrogen) atoms. The van der Waals surface area contributed by atoms with Crippen molar-refractivity contribution in [2.45, 2.75) is 19.4 Å². The molecule has 1 saturated heterocycles. The average Bonchev–Trinajstić information content (AvgIpc) is 2.74. The van der Waals surface area contributed by atoms with Crippen LogP contribution in [0.2, 0.25) is 0 Å². The molecule has 7 nitrogen and oxygen atoms in total. The van der Waals surface area contributed by atoms with E-state index in [9.17, 15) is 9.59 Å². The van der Waals surface area contributed by atoms with Crippen LogP contribution in [0.5, 0.6) is 5.75 Å². The van der Waals surface area contributed by atoms with Crippen molar-refractivity contribution in [1.82, 2.24) is 15.2 Å². The van der Waals surface area contributed by atoms with Gasteiger partial charge in [0.05, 0.1) is 13.5 Å². The average molecular weight is 382 g/mol. The maximum absolute atomic E-state index is 12.7. The van der Waals surface area contributed by atoms with Crippen LogP contribution in [0.3, 0.4) is 0 Å². The van der Waals surface area contributed by atoms with E-state index >= 15 is 0 Å². The lowest BCUT2D eigenvalue weighted by Gasteiger charge is -2.36. The molecule has 2 aromatic rings. The Labute approximate surface area is 165 Å². The number of hydrogen-bond donors (Lipinski definition) is 1. The molecule has 1 fully saturated rings. The summed E-state index contributed by atoms with van der Waals surface area (Å²) in [7, 11) is 1.59. The molecule has 0 aliphatic carbocycles. The Kier molecular flexibility index (Phi) is 6.47. The zero-order valence-corrected chi connectivity index (χ0v) is 16.3. The molecule has 2 amide bonds. The Morgan fingerprint density at radius 1 is 1.14 bits per heavy atom. The van der Waals surface area contributed by atoms with Crippen molar-refractivity contribution >= 4 is 17.6 Å². The van der Waals surface area contributed by atoms with Crippen molar-refractivity contribution in [3.8, 4) is 5.75 Å². The summed E-state index contributed by atoms with van der Waals surface area (Å²) in [6.45, 7) is 4.42. The van der Waals surface area contributed by atoms with Gasteiger partial charge in [0.25, 0.3) is 0 Å². The summed E-state index contributed by atoms with van der Waals surface area (Å²) in [5, 5.41) is 2.81. The van der Waals surface area contributed by atoms with E-state index in [2.05, 4.69) is 15.2 Å². The van der Waals surface area contributed by atoms with Crippen LogP contribution in [0, 0.1) is 0 Å². The molecule has 0 bridgehead atoms. The number of rotatable bonds is 6. The van der Waals surface area contributed by atoms with Gasteiger partial charge in [0.1, 0.15) is 17.6 Å². The van der Waals surface area contributed by atoms with Crippen LogP contribution >= 0.6 is 0 Å². The van der Waals surface area contributed by atoms with Crippen LogP contribution in [-0.4, -0.2) is 61.0 Å². The molecule has 1 aromatic carbocycles. The Hall–Kier alpha value is -3.09. The summed E-state index contributed by atoms with van der Waals surface area (Å²) in [6, 6.07) is 12.6. The molecule has 2 heterocycles. The van der Waals surface area contributed by atoms with Gasteiger partial charge in [0.2, 0.25) is 11.8 Å². The summed E-state index contributed by atoms with van der Waals surface area (Å²) in [6.07, 6.45) is 1.98. The molecule has 0 radical (unpaired) electrons. The third-order valence-corrected chi connectivity index (χ3v) is 4.81. The number of carbonyl (C=O) groups is 2. The third kappa shape index (κ3) is 5.00. The number of benzene rings is 1. The number of carbonyl (C=O) groups excluding carboxylic acids is 2. The van der Waals surface area contributed by atoms with Crippen molar-refractivity contribution in [2.75, 3.05) is 38.2 Å². The van der Waals surface area contributed by atoms with E-state index in [1.165, 1.54) is 0 Å². The minimum Gasteiger partial charge on any atom is -0.497 e. The monoisotopic (exact) mass is 382 g/mol. The molecule has 1 aliphatic rings. The summed E-state index contributed by atoms with van der Waals surface area (Å²) in [5.41, 5.74) is 0.848. The first-order valence-electron chi connectivity index (χ1n) is 9.44. The van der Waals surface area contributed by atoms with Crippen LogP contribution in [0.25, 0.3) is 0 Å². The standard InChI is InChI=1S/C21H26N4O3/c1-16(23-20(26)15-17-6-5-7-18(14-17)28-2)21(27)25-12-10-24(11-13-25)19-8-3-4-9-22-19/h3-9,14,16H,10-13,15H2,1-2H3,(H,23,26)/t16-/m1/s1. The van der Waals surface area contributed by atoms with Gasteiger partial charge >= 0.3 is 0 Å². The smallest absolute Gasteiger partial charge is 0.244 e. The number of aromatic nitrogens is 1. The first kappa shape index (κ1) is 19.7. The zero-order chi connectivity index (χ0) is 19.9. The van der Waals surface area contributed by atoms with Crippen molar-refractivity contribution in [3.05, 3.63) is 54.2 Å². The highest BCUT2D eigenvalue weighted by Crippen LogP contribution is 2.14. The first-order chi connectivity index (χ1) is 13.6. The van der Waals surface area contributed by atoms with E-state index in [0.717, 1.165) is 24.5 Å². The molecule has 148 valence electrons. The van der Waals surface area contributed by atoms with Gasteiger partial charge in [-0.1, -0.05) is 18.2 Å². The maximum atomic E-state index is 12.7. The molecule has 1 aliphatic heterocycles. The minimum absolute atomic E-state index is 0.0559. The second-order valence-corrected chi connectivity index (χ2v) is 6.82. The van der Waals surface area contributed by atoms with E-state index in [-0.39, 0.29) is 18.2 Å². The molecular formula is C21H26N4O3. The summed E-state index contributed by atoms with van der Waals surface area (Å²) in [5.74, 6) is 1.40. The second kappa shape index (κ2) is 9.21. The van der Waals surface area contributed by atoms with Gasteiger partial charge in [-0.2, -0.15) is 0 Å². The topological polar surface area (TPSA) is 74.8 Å². The summed E-state index contributed by atoms with van der Waals surface area (Å²) < 4.78 is 5.17. The SMILES string of the molecule is COc1cccc(CC(=O)N[C@H](C)C(=O)N2CCN(c3ccccn3)CC2)c1.